The summed E-state index contributed by atoms with van der Waals surface area (Å²) in [5.74, 6) is -1.60. The minimum atomic E-state index is -3.93. The van der Waals surface area contributed by atoms with Gasteiger partial charge in [-0.25, -0.2) is 13.8 Å². The number of halogens is 2. The normalized spacial score (nSPS) is 29.6. The average molecular weight is 416 g/mol. The van der Waals surface area contributed by atoms with Crippen LogP contribution in [0.3, 0.4) is 0 Å². The summed E-state index contributed by atoms with van der Waals surface area (Å²) < 4.78 is 61.6. The maximum atomic E-state index is 13.5. The number of phosphoric acid groups is 1. The summed E-state index contributed by atoms with van der Waals surface area (Å²) in [5.41, 5.74) is -1.53. The molecule has 28 heavy (non-hydrogen) atoms. The van der Waals surface area contributed by atoms with Crippen molar-refractivity contribution in [3.8, 4) is 0 Å². The smallest absolute Gasteiger partial charge is 0.349 e. The van der Waals surface area contributed by atoms with Crippen molar-refractivity contribution in [2.75, 3.05) is 6.61 Å². The average Bonchev–Trinajstić information content (AvgIpc) is 3.06. The number of nitrogens with zero attached hydrogens (tertiary/aromatic N) is 1. The summed E-state index contributed by atoms with van der Waals surface area (Å²) in [6.45, 7) is -0.330. The number of fused-ring (bicyclic) bond motifs is 1. The molecular formula is C16H15F2N2O7P. The molecule has 0 spiro atoms. The molecule has 12 heteroatoms. The fourth-order valence-corrected chi connectivity index (χ4v) is 4.40. The number of ether oxygens (including phenoxy) is 1. The molecule has 2 aliphatic rings. The van der Waals surface area contributed by atoms with E-state index in [4.69, 9.17) is 18.3 Å². The molecule has 0 amide bonds. The van der Waals surface area contributed by atoms with Crippen molar-refractivity contribution in [2.45, 2.75) is 31.5 Å². The summed E-state index contributed by atoms with van der Waals surface area (Å²) >= 11 is 0. The lowest BCUT2D eigenvalue weighted by Crippen LogP contribution is -2.34. The second-order valence-corrected chi connectivity index (χ2v) is 7.92. The third-order valence-electron chi connectivity index (χ3n) is 4.35. The molecule has 1 aromatic heterocycles. The molecule has 0 bridgehead atoms. The Labute approximate surface area is 156 Å². The highest BCUT2D eigenvalue weighted by Crippen LogP contribution is 2.57. The van der Waals surface area contributed by atoms with Gasteiger partial charge in [-0.05, 0) is 17.7 Å². The van der Waals surface area contributed by atoms with Gasteiger partial charge in [-0.15, -0.1) is 0 Å². The highest BCUT2D eigenvalue weighted by Gasteiger charge is 2.48. The predicted molar refractivity (Wildman–Crippen MR) is 89.4 cm³/mol. The maximum absolute atomic E-state index is 13.5. The van der Waals surface area contributed by atoms with Crippen LogP contribution >= 0.6 is 7.82 Å². The largest absolute Gasteiger partial charge is 0.475 e. The van der Waals surface area contributed by atoms with E-state index < -0.39 is 49.1 Å². The van der Waals surface area contributed by atoms with E-state index in [0.717, 1.165) is 10.8 Å². The van der Waals surface area contributed by atoms with Crippen LogP contribution in [0.5, 0.6) is 0 Å². The molecule has 1 aromatic carbocycles. The Hall–Kier alpha value is -2.17. The van der Waals surface area contributed by atoms with Crippen molar-refractivity contribution in [3.63, 3.8) is 0 Å². The van der Waals surface area contributed by atoms with Crippen LogP contribution in [0.4, 0.5) is 8.78 Å². The monoisotopic (exact) mass is 416 g/mol. The highest BCUT2D eigenvalue weighted by atomic mass is 31.2. The molecule has 0 aliphatic carbocycles. The number of H-pyrrole nitrogens is 1. The van der Waals surface area contributed by atoms with Gasteiger partial charge in [0, 0.05) is 6.42 Å². The number of benzene rings is 1. The Kier molecular flexibility index (Phi) is 5.02. The van der Waals surface area contributed by atoms with Gasteiger partial charge in [0.05, 0.1) is 19.4 Å². The number of aromatic amines is 1. The Morgan fingerprint density at radius 3 is 2.89 bits per heavy atom. The van der Waals surface area contributed by atoms with Gasteiger partial charge < -0.3 is 4.74 Å². The zero-order chi connectivity index (χ0) is 19.9. The van der Waals surface area contributed by atoms with Crippen LogP contribution in [0.15, 0.2) is 40.1 Å². The van der Waals surface area contributed by atoms with E-state index in [1.54, 1.807) is 6.07 Å². The van der Waals surface area contributed by atoms with Gasteiger partial charge >= 0.3 is 13.5 Å². The molecule has 4 rings (SSSR count). The molecule has 9 nitrogen and oxygen atoms in total. The third-order valence-corrected chi connectivity index (χ3v) is 5.79. The van der Waals surface area contributed by atoms with Crippen LogP contribution in [0, 0.1) is 11.6 Å². The van der Waals surface area contributed by atoms with E-state index in [0.29, 0.717) is 5.56 Å². The van der Waals surface area contributed by atoms with E-state index in [-0.39, 0.29) is 19.6 Å². The first-order valence-corrected chi connectivity index (χ1v) is 9.77. The van der Waals surface area contributed by atoms with E-state index in [9.17, 15) is 22.9 Å². The lowest BCUT2D eigenvalue weighted by molar-refractivity contribution is -0.0731. The molecule has 2 saturated heterocycles. The standard InChI is InChI=1S/C16H15F2N2O7P/c17-10-3-1-2-9(4-10)7-24-28(23)25-8-13-12(27-28)5-14(26-13)20-6-11(18)15(21)19-16(20)22/h1-4,6,12-14H,5,7-8H2,(H,19,21,22)/t12-,13+,14+,28?/m0/s1. The molecule has 2 aromatic rings. The first-order valence-electron chi connectivity index (χ1n) is 8.31. The van der Waals surface area contributed by atoms with E-state index in [1.807, 2.05) is 4.98 Å². The summed E-state index contributed by atoms with van der Waals surface area (Å²) in [6.07, 6.45) is -1.53. The quantitative estimate of drug-likeness (QED) is 0.758. The Bertz CT molecular complexity index is 1060. The Morgan fingerprint density at radius 2 is 2.11 bits per heavy atom. The Morgan fingerprint density at radius 1 is 1.29 bits per heavy atom. The van der Waals surface area contributed by atoms with Crippen molar-refractivity contribution in [3.05, 3.63) is 68.5 Å². The fourth-order valence-electron chi connectivity index (χ4n) is 3.02. The van der Waals surface area contributed by atoms with E-state index in [1.165, 1.54) is 18.2 Å². The summed E-state index contributed by atoms with van der Waals surface area (Å²) in [6, 6.07) is 5.57. The second-order valence-electron chi connectivity index (χ2n) is 6.30. The zero-order valence-electron chi connectivity index (χ0n) is 14.2. The summed E-state index contributed by atoms with van der Waals surface area (Å²) in [4.78, 5) is 24.9. The van der Waals surface area contributed by atoms with Gasteiger partial charge in [0.2, 0.25) is 5.82 Å². The molecule has 0 saturated carbocycles. The molecule has 150 valence electrons. The SMILES string of the molecule is O=c1[nH]c(=O)n([C@H]2C[C@@H]3OP(=O)(OCc4cccc(F)c4)OC[C@H]3O2)cc1F. The van der Waals surface area contributed by atoms with E-state index in [2.05, 4.69) is 0 Å². The lowest BCUT2D eigenvalue weighted by atomic mass is 10.2. The van der Waals surface area contributed by atoms with Crippen LogP contribution in [-0.2, 0) is 29.5 Å². The van der Waals surface area contributed by atoms with Crippen molar-refractivity contribution < 1.29 is 31.7 Å². The predicted octanol–water partition coefficient (Wildman–Crippen LogP) is 1.84. The molecule has 1 N–H and O–H groups in total. The molecule has 3 heterocycles. The van der Waals surface area contributed by atoms with Crippen molar-refractivity contribution in [1.82, 2.24) is 9.55 Å². The maximum Gasteiger partial charge on any atom is 0.475 e. The number of hydrogen-bond acceptors (Lipinski definition) is 7. The van der Waals surface area contributed by atoms with Gasteiger partial charge in [0.1, 0.15) is 24.3 Å². The number of phosphoric ester groups is 1. The second kappa shape index (κ2) is 7.34. The molecular weight excluding hydrogens is 401 g/mol. The number of aromatic nitrogens is 2. The van der Waals surface area contributed by atoms with Crippen molar-refractivity contribution in [2.24, 2.45) is 0 Å². The summed E-state index contributed by atoms with van der Waals surface area (Å²) in [5, 5.41) is 0. The van der Waals surface area contributed by atoms with E-state index >= 15 is 0 Å². The number of hydrogen-bond donors (Lipinski definition) is 1. The topological polar surface area (TPSA) is 109 Å². The van der Waals surface area contributed by atoms with Gasteiger partial charge in [-0.1, -0.05) is 12.1 Å². The molecule has 0 radical (unpaired) electrons. The first-order chi connectivity index (χ1) is 13.3. The number of rotatable bonds is 4. The fraction of sp³-hybridized carbons (Fsp3) is 0.375. The van der Waals surface area contributed by atoms with Gasteiger partial charge in [0.25, 0.3) is 5.56 Å². The lowest BCUT2D eigenvalue weighted by Gasteiger charge is -2.29. The van der Waals surface area contributed by atoms with Crippen LogP contribution in [0.25, 0.3) is 0 Å². The minimum Gasteiger partial charge on any atom is -0.349 e. The summed E-state index contributed by atoms with van der Waals surface area (Å²) in [7, 11) is -3.93. The highest BCUT2D eigenvalue weighted by molar-refractivity contribution is 7.48. The van der Waals surface area contributed by atoms with Crippen LogP contribution in [0.1, 0.15) is 18.2 Å². The number of nitrogens with one attached hydrogen (secondary N) is 1. The molecule has 1 unspecified atom stereocenters. The molecule has 2 aliphatic heterocycles. The van der Waals surface area contributed by atoms with Gasteiger partial charge in [0.15, 0.2) is 0 Å². The Balaban J connectivity index is 1.44. The van der Waals surface area contributed by atoms with Gasteiger partial charge in [-0.2, -0.15) is 4.39 Å². The van der Waals surface area contributed by atoms with Crippen LogP contribution < -0.4 is 11.2 Å². The van der Waals surface area contributed by atoms with Crippen molar-refractivity contribution in [1.29, 1.82) is 0 Å². The van der Waals surface area contributed by atoms with Gasteiger partial charge in [-0.3, -0.25) is 27.9 Å². The van der Waals surface area contributed by atoms with Crippen LogP contribution in [-0.4, -0.2) is 28.4 Å². The zero-order valence-corrected chi connectivity index (χ0v) is 15.1. The van der Waals surface area contributed by atoms with Crippen molar-refractivity contribution >= 4 is 7.82 Å². The molecule has 2 fully saturated rings. The third kappa shape index (κ3) is 3.85. The first kappa shape index (κ1) is 19.2. The molecule has 4 atom stereocenters. The minimum absolute atomic E-state index is 0.0622. The van der Waals surface area contributed by atoms with Crippen LogP contribution in [0.2, 0.25) is 0 Å².